The number of aromatic carboxylic acids is 1. The van der Waals surface area contributed by atoms with Crippen molar-refractivity contribution in [2.75, 3.05) is 6.54 Å². The largest absolute Gasteiger partial charge is 0.477 e. The highest BCUT2D eigenvalue weighted by Crippen LogP contribution is 2.25. The van der Waals surface area contributed by atoms with Gasteiger partial charge in [-0.25, -0.2) is 4.79 Å². The van der Waals surface area contributed by atoms with Crippen LogP contribution in [0.5, 0.6) is 0 Å². The Bertz CT molecular complexity index is 481. The minimum atomic E-state index is -0.896. The van der Waals surface area contributed by atoms with Gasteiger partial charge in [0.2, 0.25) is 5.91 Å². The molecule has 0 aliphatic carbocycles. The van der Waals surface area contributed by atoms with E-state index in [1.165, 1.54) is 11.3 Å². The second-order valence-electron chi connectivity index (χ2n) is 4.80. The van der Waals surface area contributed by atoms with Gasteiger partial charge >= 0.3 is 5.97 Å². The minimum absolute atomic E-state index is 0.0941. The Morgan fingerprint density at radius 1 is 1.61 bits per heavy atom. The van der Waals surface area contributed by atoms with Gasteiger partial charge in [-0.15, -0.1) is 11.3 Å². The molecule has 1 saturated heterocycles. The van der Waals surface area contributed by atoms with Gasteiger partial charge in [0.05, 0.1) is 0 Å². The monoisotopic (exact) mass is 267 g/mol. The van der Waals surface area contributed by atoms with Crippen molar-refractivity contribution < 1.29 is 14.7 Å². The summed E-state index contributed by atoms with van der Waals surface area (Å²) in [6, 6.07) is 1.69. The molecule has 1 aromatic heterocycles. The zero-order valence-corrected chi connectivity index (χ0v) is 11.4. The van der Waals surface area contributed by atoms with Crippen molar-refractivity contribution in [2.24, 2.45) is 5.92 Å². The van der Waals surface area contributed by atoms with Crippen molar-refractivity contribution in [2.45, 2.75) is 33.2 Å². The fourth-order valence-corrected chi connectivity index (χ4v) is 3.15. The van der Waals surface area contributed by atoms with E-state index in [2.05, 4.69) is 0 Å². The standard InChI is InChI=1S/C13H17NO3S/c1-8-4-3-5-14(12(8)15)7-10-6-11(13(16)17)18-9(10)2/h6,8H,3-5,7H2,1-2H3,(H,16,17). The van der Waals surface area contributed by atoms with Crippen LogP contribution in [0.4, 0.5) is 0 Å². The quantitative estimate of drug-likeness (QED) is 0.915. The predicted octanol–water partition coefficient (Wildman–Crippen LogP) is 2.51. The molecule has 1 aliphatic heterocycles. The van der Waals surface area contributed by atoms with Gasteiger partial charge in [0.25, 0.3) is 0 Å². The molecule has 1 amide bonds. The van der Waals surface area contributed by atoms with Gasteiger partial charge in [0, 0.05) is 23.9 Å². The molecule has 0 bridgehead atoms. The highest BCUT2D eigenvalue weighted by molar-refractivity contribution is 7.14. The molecule has 0 aromatic carbocycles. The minimum Gasteiger partial charge on any atom is -0.477 e. The smallest absolute Gasteiger partial charge is 0.345 e. The number of carbonyl (C=O) groups is 2. The predicted molar refractivity (Wildman–Crippen MR) is 69.8 cm³/mol. The Labute approximate surface area is 110 Å². The molecule has 1 fully saturated rings. The summed E-state index contributed by atoms with van der Waals surface area (Å²) in [4.78, 5) is 26.1. The van der Waals surface area contributed by atoms with Gasteiger partial charge in [-0.05, 0) is 31.4 Å². The van der Waals surface area contributed by atoms with Gasteiger partial charge in [0.15, 0.2) is 0 Å². The molecule has 1 atom stereocenters. The van der Waals surface area contributed by atoms with Crippen LogP contribution in [-0.4, -0.2) is 28.4 Å². The summed E-state index contributed by atoms with van der Waals surface area (Å²) in [6.07, 6.45) is 1.99. The molecular formula is C13H17NO3S. The number of carboxylic acids is 1. The van der Waals surface area contributed by atoms with Crippen molar-refractivity contribution in [3.05, 3.63) is 21.4 Å². The number of likely N-dealkylation sites (tertiary alicyclic amines) is 1. The molecule has 1 N–H and O–H groups in total. The second kappa shape index (κ2) is 5.10. The average molecular weight is 267 g/mol. The average Bonchev–Trinajstić information content (AvgIpc) is 2.67. The summed E-state index contributed by atoms with van der Waals surface area (Å²) in [5.41, 5.74) is 0.958. The lowest BCUT2D eigenvalue weighted by atomic mass is 9.99. The summed E-state index contributed by atoms with van der Waals surface area (Å²) in [5, 5.41) is 8.95. The van der Waals surface area contributed by atoms with Crippen LogP contribution in [0.3, 0.4) is 0 Å². The number of aryl methyl sites for hydroxylation is 1. The van der Waals surface area contributed by atoms with Crippen molar-refractivity contribution in [3.63, 3.8) is 0 Å². The van der Waals surface area contributed by atoms with Crippen LogP contribution in [0.1, 0.15) is 39.9 Å². The SMILES string of the molecule is Cc1sc(C(=O)O)cc1CN1CCCC(C)C1=O. The van der Waals surface area contributed by atoms with Crippen LogP contribution in [0.2, 0.25) is 0 Å². The third-order valence-electron chi connectivity index (χ3n) is 3.39. The number of amides is 1. The molecule has 5 heteroatoms. The van der Waals surface area contributed by atoms with Crippen molar-refractivity contribution in [1.29, 1.82) is 0 Å². The second-order valence-corrected chi connectivity index (χ2v) is 6.06. The fraction of sp³-hybridized carbons (Fsp3) is 0.538. The molecule has 4 nitrogen and oxygen atoms in total. The first-order chi connectivity index (χ1) is 8.49. The van der Waals surface area contributed by atoms with Crippen LogP contribution < -0.4 is 0 Å². The van der Waals surface area contributed by atoms with Crippen LogP contribution in [0.15, 0.2) is 6.07 Å². The van der Waals surface area contributed by atoms with E-state index in [4.69, 9.17) is 5.11 Å². The normalized spacial score (nSPS) is 20.2. The lowest BCUT2D eigenvalue weighted by Gasteiger charge is -2.30. The third kappa shape index (κ3) is 2.56. The van der Waals surface area contributed by atoms with Gasteiger partial charge in [0.1, 0.15) is 4.88 Å². The molecule has 2 heterocycles. The van der Waals surface area contributed by atoms with Crippen molar-refractivity contribution in [3.8, 4) is 0 Å². The summed E-state index contributed by atoms with van der Waals surface area (Å²) in [5.74, 6) is -0.618. The topological polar surface area (TPSA) is 57.6 Å². The van der Waals surface area contributed by atoms with E-state index in [0.29, 0.717) is 11.4 Å². The Hall–Kier alpha value is -1.36. The van der Waals surface area contributed by atoms with E-state index in [0.717, 1.165) is 29.8 Å². The van der Waals surface area contributed by atoms with Crippen molar-refractivity contribution in [1.82, 2.24) is 4.90 Å². The molecular weight excluding hydrogens is 250 g/mol. The molecule has 1 aliphatic rings. The van der Waals surface area contributed by atoms with Crippen LogP contribution in [-0.2, 0) is 11.3 Å². The maximum absolute atomic E-state index is 12.0. The first-order valence-electron chi connectivity index (χ1n) is 6.10. The van der Waals surface area contributed by atoms with E-state index in [1.807, 2.05) is 18.7 Å². The number of hydrogen-bond acceptors (Lipinski definition) is 3. The summed E-state index contributed by atoms with van der Waals surface area (Å²) < 4.78 is 0. The van der Waals surface area contributed by atoms with Crippen molar-refractivity contribution >= 4 is 23.2 Å². The van der Waals surface area contributed by atoms with Gasteiger partial charge in [-0.2, -0.15) is 0 Å². The lowest BCUT2D eigenvalue weighted by Crippen LogP contribution is -2.39. The van der Waals surface area contributed by atoms with E-state index >= 15 is 0 Å². The van der Waals surface area contributed by atoms with E-state index in [-0.39, 0.29) is 11.8 Å². The number of rotatable bonds is 3. The Kier molecular flexibility index (Phi) is 3.71. The summed E-state index contributed by atoms with van der Waals surface area (Å²) in [6.45, 7) is 5.18. The summed E-state index contributed by atoms with van der Waals surface area (Å²) in [7, 11) is 0. The number of carboxylic acid groups (broad SMARTS) is 1. The molecule has 98 valence electrons. The maximum atomic E-state index is 12.0. The molecule has 18 heavy (non-hydrogen) atoms. The fourth-order valence-electron chi connectivity index (χ4n) is 2.28. The van der Waals surface area contributed by atoms with E-state index < -0.39 is 5.97 Å². The maximum Gasteiger partial charge on any atom is 0.345 e. The first kappa shape index (κ1) is 13.1. The Morgan fingerprint density at radius 3 is 2.94 bits per heavy atom. The molecule has 0 spiro atoms. The van der Waals surface area contributed by atoms with Gasteiger partial charge in [-0.1, -0.05) is 6.92 Å². The molecule has 0 radical (unpaired) electrons. The van der Waals surface area contributed by atoms with Crippen LogP contribution >= 0.6 is 11.3 Å². The highest BCUT2D eigenvalue weighted by Gasteiger charge is 2.26. The molecule has 2 rings (SSSR count). The summed E-state index contributed by atoms with van der Waals surface area (Å²) >= 11 is 1.28. The van der Waals surface area contributed by atoms with Crippen LogP contribution in [0, 0.1) is 12.8 Å². The molecule has 0 saturated carbocycles. The zero-order chi connectivity index (χ0) is 13.3. The zero-order valence-electron chi connectivity index (χ0n) is 10.6. The molecule has 1 unspecified atom stereocenters. The Morgan fingerprint density at radius 2 is 2.33 bits per heavy atom. The Balaban J connectivity index is 2.13. The van der Waals surface area contributed by atoms with E-state index in [1.54, 1.807) is 6.07 Å². The van der Waals surface area contributed by atoms with E-state index in [9.17, 15) is 9.59 Å². The number of hydrogen-bond donors (Lipinski definition) is 1. The van der Waals surface area contributed by atoms with Gasteiger partial charge < -0.3 is 10.0 Å². The number of nitrogens with zero attached hydrogens (tertiary/aromatic N) is 1. The number of carbonyl (C=O) groups excluding carboxylic acids is 1. The van der Waals surface area contributed by atoms with Crippen LogP contribution in [0.25, 0.3) is 0 Å². The number of thiophene rings is 1. The molecule has 1 aromatic rings. The van der Waals surface area contributed by atoms with Gasteiger partial charge in [-0.3, -0.25) is 4.79 Å². The highest BCUT2D eigenvalue weighted by atomic mass is 32.1. The number of piperidine rings is 1. The first-order valence-corrected chi connectivity index (χ1v) is 6.92. The lowest BCUT2D eigenvalue weighted by molar-refractivity contribution is -0.138. The third-order valence-corrected chi connectivity index (χ3v) is 4.47.